The number of aryl methyl sites for hydroxylation is 1. The molecule has 37 heavy (non-hydrogen) atoms. The van der Waals surface area contributed by atoms with E-state index >= 15 is 0 Å². The third-order valence-corrected chi connectivity index (χ3v) is 6.03. The van der Waals surface area contributed by atoms with E-state index in [1.165, 1.54) is 19.2 Å². The minimum Gasteiger partial charge on any atom is -0.497 e. The van der Waals surface area contributed by atoms with Gasteiger partial charge in [0.15, 0.2) is 0 Å². The summed E-state index contributed by atoms with van der Waals surface area (Å²) in [5, 5.41) is 15.0. The summed E-state index contributed by atoms with van der Waals surface area (Å²) in [6.07, 6.45) is 1.61. The number of nitro groups is 1. The van der Waals surface area contributed by atoms with Crippen molar-refractivity contribution < 1.29 is 19.2 Å². The standard InChI is InChI=1S/C28H26N4O5/c1-18-15-22(17-29-30-28(33)26-14-13-25(36-3)16-27(26)37-4)19(2)31(18)23-9-5-20(6-10-23)21-7-11-24(12-8-21)32(34)35/h5-17H,1-4H3,(H,30,33). The van der Waals surface area contributed by atoms with Crippen molar-refractivity contribution in [3.63, 3.8) is 0 Å². The Hall–Kier alpha value is -4.92. The highest BCUT2D eigenvalue weighted by Gasteiger charge is 2.14. The molecule has 4 aromatic rings. The summed E-state index contributed by atoms with van der Waals surface area (Å²) < 4.78 is 12.6. The van der Waals surface area contributed by atoms with Crippen LogP contribution in [0.1, 0.15) is 27.3 Å². The van der Waals surface area contributed by atoms with Crippen LogP contribution < -0.4 is 14.9 Å². The van der Waals surface area contributed by atoms with E-state index in [0.29, 0.717) is 17.1 Å². The smallest absolute Gasteiger partial charge is 0.275 e. The summed E-state index contributed by atoms with van der Waals surface area (Å²) in [5.41, 5.74) is 8.60. The molecule has 0 aliphatic rings. The highest BCUT2D eigenvalue weighted by molar-refractivity contribution is 5.97. The molecule has 0 bridgehead atoms. The summed E-state index contributed by atoms with van der Waals surface area (Å²) in [6, 6.07) is 21.4. The van der Waals surface area contributed by atoms with E-state index in [1.807, 2.05) is 44.2 Å². The fourth-order valence-electron chi connectivity index (χ4n) is 4.10. The molecular weight excluding hydrogens is 472 g/mol. The van der Waals surface area contributed by atoms with Gasteiger partial charge in [0, 0.05) is 40.8 Å². The maximum absolute atomic E-state index is 12.6. The van der Waals surface area contributed by atoms with Crippen LogP contribution in [0.5, 0.6) is 11.5 Å². The maximum Gasteiger partial charge on any atom is 0.275 e. The van der Waals surface area contributed by atoms with E-state index in [4.69, 9.17) is 9.47 Å². The van der Waals surface area contributed by atoms with E-state index in [2.05, 4.69) is 15.1 Å². The number of nitrogens with one attached hydrogen (secondary N) is 1. The second-order valence-electron chi connectivity index (χ2n) is 8.28. The second-order valence-corrected chi connectivity index (χ2v) is 8.28. The van der Waals surface area contributed by atoms with Crippen LogP contribution in [-0.4, -0.2) is 35.8 Å². The topological polar surface area (TPSA) is 108 Å². The molecule has 188 valence electrons. The number of carbonyl (C=O) groups is 1. The van der Waals surface area contributed by atoms with Gasteiger partial charge in [-0.15, -0.1) is 0 Å². The zero-order chi connectivity index (χ0) is 26.5. The van der Waals surface area contributed by atoms with Crippen molar-refractivity contribution in [2.75, 3.05) is 14.2 Å². The Labute approximate surface area is 214 Å². The van der Waals surface area contributed by atoms with Crippen LogP contribution in [0.2, 0.25) is 0 Å². The fourth-order valence-corrected chi connectivity index (χ4v) is 4.10. The molecule has 3 aromatic carbocycles. The molecule has 0 atom stereocenters. The van der Waals surface area contributed by atoms with Crippen molar-refractivity contribution >= 4 is 17.8 Å². The molecule has 0 saturated heterocycles. The molecule has 9 heteroatoms. The SMILES string of the molecule is COc1ccc(C(=O)NN=Cc2cc(C)n(-c3ccc(-c4ccc([N+](=O)[O-])cc4)cc3)c2C)c(OC)c1. The number of hydrazone groups is 1. The van der Waals surface area contributed by atoms with Gasteiger partial charge in [0.1, 0.15) is 11.5 Å². The highest BCUT2D eigenvalue weighted by atomic mass is 16.6. The fraction of sp³-hybridized carbons (Fsp3) is 0.143. The van der Waals surface area contributed by atoms with Crippen LogP contribution in [0.15, 0.2) is 77.9 Å². The summed E-state index contributed by atoms with van der Waals surface area (Å²) in [5.74, 6) is 0.582. The number of carbonyl (C=O) groups excluding carboxylic acids is 1. The lowest BCUT2D eigenvalue weighted by Crippen LogP contribution is -2.18. The lowest BCUT2D eigenvalue weighted by atomic mass is 10.0. The molecule has 4 rings (SSSR count). The zero-order valence-corrected chi connectivity index (χ0v) is 20.9. The van der Waals surface area contributed by atoms with Crippen molar-refractivity contribution in [2.24, 2.45) is 5.10 Å². The van der Waals surface area contributed by atoms with Gasteiger partial charge in [-0.2, -0.15) is 5.10 Å². The minimum atomic E-state index is -0.410. The molecule has 0 spiro atoms. The molecule has 0 radical (unpaired) electrons. The van der Waals surface area contributed by atoms with Crippen LogP contribution >= 0.6 is 0 Å². The van der Waals surface area contributed by atoms with Crippen LogP contribution in [0.25, 0.3) is 16.8 Å². The van der Waals surface area contributed by atoms with Crippen molar-refractivity contribution in [1.82, 2.24) is 9.99 Å². The number of nitro benzene ring substituents is 1. The number of hydrogen-bond donors (Lipinski definition) is 1. The van der Waals surface area contributed by atoms with Crippen molar-refractivity contribution in [1.29, 1.82) is 0 Å². The van der Waals surface area contributed by atoms with Gasteiger partial charge in [0.25, 0.3) is 11.6 Å². The van der Waals surface area contributed by atoms with E-state index in [9.17, 15) is 14.9 Å². The lowest BCUT2D eigenvalue weighted by Gasteiger charge is -2.11. The Morgan fingerprint density at radius 2 is 1.59 bits per heavy atom. The van der Waals surface area contributed by atoms with Gasteiger partial charge in [0.05, 0.1) is 30.9 Å². The van der Waals surface area contributed by atoms with Crippen LogP contribution in [0, 0.1) is 24.0 Å². The van der Waals surface area contributed by atoms with Gasteiger partial charge < -0.3 is 14.0 Å². The second kappa shape index (κ2) is 10.8. The predicted octanol–water partition coefficient (Wildman–Crippen LogP) is 5.45. The van der Waals surface area contributed by atoms with Crippen molar-refractivity contribution in [3.05, 3.63) is 105 Å². The Morgan fingerprint density at radius 3 is 2.19 bits per heavy atom. The Morgan fingerprint density at radius 1 is 0.946 bits per heavy atom. The third-order valence-electron chi connectivity index (χ3n) is 6.03. The monoisotopic (exact) mass is 498 g/mol. The van der Waals surface area contributed by atoms with E-state index < -0.39 is 10.8 Å². The lowest BCUT2D eigenvalue weighted by molar-refractivity contribution is -0.384. The van der Waals surface area contributed by atoms with E-state index in [1.54, 1.807) is 43.7 Å². The van der Waals surface area contributed by atoms with Crippen molar-refractivity contribution in [3.8, 4) is 28.3 Å². The number of rotatable bonds is 8. The first kappa shape index (κ1) is 25.2. The van der Waals surface area contributed by atoms with Gasteiger partial charge in [-0.05, 0) is 67.4 Å². The molecule has 0 aliphatic heterocycles. The Bertz CT molecular complexity index is 1470. The number of amides is 1. The van der Waals surface area contributed by atoms with E-state index in [0.717, 1.165) is 33.8 Å². The third kappa shape index (κ3) is 5.35. The molecule has 9 nitrogen and oxygen atoms in total. The summed E-state index contributed by atoms with van der Waals surface area (Å²) in [7, 11) is 3.03. The van der Waals surface area contributed by atoms with Gasteiger partial charge in [-0.1, -0.05) is 12.1 Å². The van der Waals surface area contributed by atoms with Crippen molar-refractivity contribution in [2.45, 2.75) is 13.8 Å². The average molecular weight is 499 g/mol. The molecular formula is C28H26N4O5. The quantitative estimate of drug-likeness (QED) is 0.197. The summed E-state index contributed by atoms with van der Waals surface area (Å²) in [4.78, 5) is 23.1. The molecule has 0 fully saturated rings. The largest absolute Gasteiger partial charge is 0.497 e. The van der Waals surface area contributed by atoms with Gasteiger partial charge >= 0.3 is 0 Å². The first-order valence-electron chi connectivity index (χ1n) is 11.4. The number of methoxy groups -OCH3 is 2. The molecule has 0 unspecified atom stereocenters. The first-order chi connectivity index (χ1) is 17.8. The molecule has 0 aliphatic carbocycles. The highest BCUT2D eigenvalue weighted by Crippen LogP contribution is 2.26. The molecule has 0 saturated carbocycles. The maximum atomic E-state index is 12.6. The number of non-ortho nitro benzene ring substituents is 1. The van der Waals surface area contributed by atoms with Gasteiger partial charge in [-0.3, -0.25) is 14.9 Å². The minimum absolute atomic E-state index is 0.0625. The molecule has 1 amide bonds. The van der Waals surface area contributed by atoms with E-state index in [-0.39, 0.29) is 5.69 Å². The van der Waals surface area contributed by atoms with Gasteiger partial charge in [0.2, 0.25) is 0 Å². The Kier molecular flexibility index (Phi) is 7.34. The summed E-state index contributed by atoms with van der Waals surface area (Å²) >= 11 is 0. The van der Waals surface area contributed by atoms with Gasteiger partial charge in [-0.25, -0.2) is 5.43 Å². The normalized spacial score (nSPS) is 10.9. The number of benzene rings is 3. The first-order valence-corrected chi connectivity index (χ1v) is 11.4. The van der Waals surface area contributed by atoms with Crippen LogP contribution in [0.4, 0.5) is 5.69 Å². The van der Waals surface area contributed by atoms with Crippen LogP contribution in [0.3, 0.4) is 0 Å². The van der Waals surface area contributed by atoms with Crippen LogP contribution in [-0.2, 0) is 0 Å². The number of nitrogens with zero attached hydrogens (tertiary/aromatic N) is 3. The zero-order valence-electron chi connectivity index (χ0n) is 20.9. The number of aromatic nitrogens is 1. The average Bonchev–Trinajstić information content (AvgIpc) is 3.20. The molecule has 1 N–H and O–H groups in total. The Balaban J connectivity index is 1.50. The number of ether oxygens (including phenoxy) is 2. The summed E-state index contributed by atoms with van der Waals surface area (Å²) in [6.45, 7) is 3.97. The number of hydrogen-bond acceptors (Lipinski definition) is 6. The predicted molar refractivity (Wildman–Crippen MR) is 142 cm³/mol. The molecule has 1 aromatic heterocycles. The molecule has 1 heterocycles.